The molecular formula is C29H39NO6S2. The van der Waals surface area contributed by atoms with Crippen LogP contribution in [-0.2, 0) is 28.7 Å². The van der Waals surface area contributed by atoms with Crippen LogP contribution in [0.5, 0.6) is 0 Å². The van der Waals surface area contributed by atoms with Crippen LogP contribution in [0.3, 0.4) is 0 Å². The van der Waals surface area contributed by atoms with Gasteiger partial charge < -0.3 is 14.8 Å². The number of esters is 2. The van der Waals surface area contributed by atoms with E-state index in [1.165, 1.54) is 55.6 Å². The van der Waals surface area contributed by atoms with E-state index in [0.29, 0.717) is 45.0 Å². The van der Waals surface area contributed by atoms with Crippen LogP contribution in [0.4, 0.5) is 0 Å². The molecule has 7 aliphatic carbocycles. The van der Waals surface area contributed by atoms with Crippen molar-refractivity contribution in [2.45, 2.75) is 91.2 Å². The molecule has 0 heterocycles. The van der Waals surface area contributed by atoms with Gasteiger partial charge in [-0.2, -0.15) is 11.8 Å². The summed E-state index contributed by atoms with van der Waals surface area (Å²) in [5, 5.41) is 2.95. The highest BCUT2D eigenvalue weighted by Gasteiger charge is 3.32. The van der Waals surface area contributed by atoms with Crippen LogP contribution >= 0.6 is 23.5 Å². The van der Waals surface area contributed by atoms with E-state index in [-0.39, 0.29) is 42.4 Å². The van der Waals surface area contributed by atoms with E-state index in [9.17, 15) is 19.2 Å². The molecule has 9 heteroatoms. The molecule has 7 fully saturated rings. The number of carbonyl (C=O) groups is 4. The summed E-state index contributed by atoms with van der Waals surface area (Å²) >= 11 is 2.88. The molecular weight excluding hydrogens is 522 g/mol. The maximum absolute atomic E-state index is 13.4. The highest BCUT2D eigenvalue weighted by Crippen LogP contribution is 3.37. The maximum Gasteiger partial charge on any atom is 0.305 e. The molecule has 5 spiro atoms. The second-order valence-corrected chi connectivity index (χ2v) is 15.6. The maximum atomic E-state index is 13.4. The largest absolute Gasteiger partial charge is 0.462 e. The molecule has 7 aliphatic rings. The van der Waals surface area contributed by atoms with Gasteiger partial charge in [0.25, 0.3) is 0 Å². The molecule has 208 valence electrons. The summed E-state index contributed by atoms with van der Waals surface area (Å²) in [5.41, 5.74) is 4.41. The van der Waals surface area contributed by atoms with E-state index in [2.05, 4.69) is 12.2 Å². The standard InChI is InChI=1S/C29H39NO6S2/c1-5-19(31)30-18(10-37-9-17(36-21(33)7-3)8-35-20(32)6-2)22(34)38-16-24-13-26-15-25-11-23(4)12-27(23,25)29(25,26)28(24,26)14-24/h17-18H,5-16H2,1-4H3,(H,30,31)/t17-,18-,23+,24?,25?,26?,27?,28?,29?/m0/s1. The zero-order chi connectivity index (χ0) is 27.0. The Hall–Kier alpha value is -1.22. The van der Waals surface area contributed by atoms with Crippen molar-refractivity contribution in [3.8, 4) is 0 Å². The minimum Gasteiger partial charge on any atom is -0.462 e. The monoisotopic (exact) mass is 561 g/mol. The van der Waals surface area contributed by atoms with E-state index in [1.807, 2.05) is 0 Å². The molecule has 0 aromatic heterocycles. The van der Waals surface area contributed by atoms with Crippen LogP contribution in [0.25, 0.3) is 0 Å². The Balaban J connectivity index is 0.936. The van der Waals surface area contributed by atoms with Crippen molar-refractivity contribution in [2.75, 3.05) is 23.9 Å². The molecule has 7 nitrogen and oxygen atoms in total. The lowest BCUT2D eigenvalue weighted by Gasteiger charge is -2.43. The first-order chi connectivity index (χ1) is 18.1. The summed E-state index contributed by atoms with van der Waals surface area (Å²) in [6, 6.07) is -0.582. The van der Waals surface area contributed by atoms with Gasteiger partial charge in [-0.05, 0) is 70.0 Å². The molecule has 0 aromatic rings. The molecule has 0 aromatic carbocycles. The summed E-state index contributed by atoms with van der Waals surface area (Å²) in [7, 11) is 0. The smallest absolute Gasteiger partial charge is 0.305 e. The predicted molar refractivity (Wildman–Crippen MR) is 144 cm³/mol. The highest BCUT2D eigenvalue weighted by atomic mass is 32.2. The van der Waals surface area contributed by atoms with Crippen molar-refractivity contribution in [1.29, 1.82) is 0 Å². The molecule has 0 saturated heterocycles. The topological polar surface area (TPSA) is 98.8 Å². The van der Waals surface area contributed by atoms with E-state index in [4.69, 9.17) is 9.47 Å². The molecule has 38 heavy (non-hydrogen) atoms. The number of rotatable bonds is 14. The van der Waals surface area contributed by atoms with Gasteiger partial charge in [0.05, 0.1) is 0 Å². The van der Waals surface area contributed by atoms with Crippen molar-refractivity contribution < 1.29 is 28.7 Å². The Labute approximate surface area is 233 Å². The zero-order valence-electron chi connectivity index (χ0n) is 22.9. The van der Waals surface area contributed by atoms with Gasteiger partial charge in [0.15, 0.2) is 0 Å². The molecule has 6 unspecified atom stereocenters. The summed E-state index contributed by atoms with van der Waals surface area (Å²) in [4.78, 5) is 49.0. The Morgan fingerprint density at radius 1 is 0.868 bits per heavy atom. The van der Waals surface area contributed by atoms with Crippen LogP contribution in [0.15, 0.2) is 0 Å². The Morgan fingerprint density at radius 2 is 1.61 bits per heavy atom. The van der Waals surface area contributed by atoms with Gasteiger partial charge in [-0.1, -0.05) is 39.5 Å². The van der Waals surface area contributed by atoms with E-state index < -0.39 is 12.1 Å². The van der Waals surface area contributed by atoms with Gasteiger partial charge in [-0.25, -0.2) is 0 Å². The molecule has 7 rings (SSSR count). The molecule has 1 amide bonds. The summed E-state index contributed by atoms with van der Waals surface area (Å²) in [6.45, 7) is 7.73. The second kappa shape index (κ2) is 7.54. The minimum atomic E-state index is -0.582. The lowest BCUT2D eigenvalue weighted by Crippen LogP contribution is -2.42. The summed E-state index contributed by atoms with van der Waals surface area (Å²) in [6.07, 6.45) is 7.33. The average molecular weight is 562 g/mol. The van der Waals surface area contributed by atoms with E-state index >= 15 is 0 Å². The van der Waals surface area contributed by atoms with Gasteiger partial charge >= 0.3 is 11.9 Å². The third-order valence-corrected chi connectivity index (χ3v) is 14.9. The van der Waals surface area contributed by atoms with Gasteiger partial charge in [0, 0.05) is 36.5 Å². The van der Waals surface area contributed by atoms with E-state index in [0.717, 1.165) is 16.6 Å². The molecule has 9 atom stereocenters. The van der Waals surface area contributed by atoms with Crippen LogP contribution in [0.1, 0.15) is 79.1 Å². The molecule has 0 bridgehead atoms. The lowest BCUT2D eigenvalue weighted by molar-refractivity contribution is -0.157. The second-order valence-electron chi connectivity index (χ2n) is 13.6. The van der Waals surface area contributed by atoms with Crippen molar-refractivity contribution in [2.24, 2.45) is 37.9 Å². The third kappa shape index (κ3) is 2.43. The normalized spacial score (nSPS) is 47.3. The molecule has 7 saturated carbocycles. The van der Waals surface area contributed by atoms with Crippen molar-refractivity contribution in [3.63, 3.8) is 0 Å². The summed E-state index contributed by atoms with van der Waals surface area (Å²) < 4.78 is 10.6. The number of hydrogen-bond donors (Lipinski definition) is 1. The Bertz CT molecular complexity index is 1180. The fourth-order valence-corrected chi connectivity index (χ4v) is 14.2. The van der Waals surface area contributed by atoms with Crippen LogP contribution in [-0.4, -0.2) is 59.0 Å². The van der Waals surface area contributed by atoms with Crippen molar-refractivity contribution in [3.05, 3.63) is 0 Å². The average Bonchev–Trinajstić information content (AvgIpc) is 3.74. The highest BCUT2D eigenvalue weighted by molar-refractivity contribution is 8.13. The fraction of sp³-hybridized carbons (Fsp3) is 0.862. The molecule has 0 aliphatic heterocycles. The molecule has 0 radical (unpaired) electrons. The predicted octanol–water partition coefficient (Wildman–Crippen LogP) is 4.12. The molecule has 1 N–H and O–H groups in total. The SMILES string of the molecule is CCC(=O)N[C@@H](CSC[C@H](COC(=O)CC)OC(=O)CC)C(=O)SCC12CC34CC56C[C@]7(C)CC57C36C14C2. The van der Waals surface area contributed by atoms with Crippen LogP contribution in [0.2, 0.25) is 0 Å². The first-order valence-electron chi connectivity index (χ1n) is 14.4. The minimum absolute atomic E-state index is 0.00374. The van der Waals surface area contributed by atoms with Crippen molar-refractivity contribution >= 4 is 46.5 Å². The van der Waals surface area contributed by atoms with Gasteiger partial charge in [-0.15, -0.1) is 0 Å². The van der Waals surface area contributed by atoms with Crippen LogP contribution in [0, 0.1) is 37.9 Å². The van der Waals surface area contributed by atoms with Gasteiger partial charge in [-0.3, -0.25) is 19.2 Å². The fourth-order valence-electron chi connectivity index (χ4n) is 11.8. The first kappa shape index (κ1) is 25.7. The first-order valence-corrected chi connectivity index (χ1v) is 16.6. The number of thioether (sulfide) groups is 2. The van der Waals surface area contributed by atoms with Gasteiger partial charge in [0.1, 0.15) is 18.8 Å². The summed E-state index contributed by atoms with van der Waals surface area (Å²) in [5.74, 6) is 0.844. The number of amides is 1. The number of nitrogens with one attached hydrogen (secondary N) is 1. The number of hydrogen-bond acceptors (Lipinski definition) is 8. The Morgan fingerprint density at radius 3 is 2.24 bits per heavy atom. The lowest BCUT2D eigenvalue weighted by atomic mass is 9.61. The van der Waals surface area contributed by atoms with Crippen LogP contribution < -0.4 is 5.32 Å². The van der Waals surface area contributed by atoms with E-state index in [1.54, 1.807) is 20.8 Å². The van der Waals surface area contributed by atoms with Crippen molar-refractivity contribution in [1.82, 2.24) is 5.32 Å². The Kier molecular flexibility index (Phi) is 5.10. The zero-order valence-corrected chi connectivity index (χ0v) is 24.5. The van der Waals surface area contributed by atoms with Gasteiger partial charge in [0.2, 0.25) is 11.0 Å². The quantitative estimate of drug-likeness (QED) is 0.316. The number of carbonyl (C=O) groups excluding carboxylic acids is 4. The number of ether oxygens (including phenoxy) is 2. The third-order valence-electron chi connectivity index (χ3n) is 12.4.